The maximum atomic E-state index is 12.9. The Balaban J connectivity index is 2.49. The highest BCUT2D eigenvalue weighted by Gasteiger charge is 2.03. The van der Waals surface area contributed by atoms with Crippen molar-refractivity contribution in [3.63, 3.8) is 0 Å². The largest absolute Gasteiger partial charge is 0.505 e. The molecule has 2 rings (SSSR count). The number of halogens is 1. The van der Waals surface area contributed by atoms with Gasteiger partial charge in [0.05, 0.1) is 0 Å². The normalized spacial score (nSPS) is 10.2. The fraction of sp³-hybridized carbons (Fsp3) is 0. The molecule has 0 radical (unpaired) electrons. The Kier molecular flexibility index (Phi) is 2.02. The lowest BCUT2D eigenvalue weighted by molar-refractivity contribution is 0.432. The van der Waals surface area contributed by atoms with Crippen LogP contribution in [-0.2, 0) is 0 Å². The maximum Gasteiger partial charge on any atom is 0.165 e. The molecule has 0 aliphatic carbocycles. The topological polar surface area (TPSA) is 20.2 Å². The second-order valence-electron chi connectivity index (χ2n) is 2.68. The standard InChI is InChI=1S/C10H7FOS/c11-9-5-7(1-2-10(9)12)8-3-4-13-6-8/h1-6,12H. The molecule has 1 aromatic carbocycles. The molecule has 3 heteroatoms. The molecule has 1 aromatic heterocycles. The van der Waals surface area contributed by atoms with Gasteiger partial charge in [-0.25, -0.2) is 4.39 Å². The van der Waals surface area contributed by atoms with Gasteiger partial charge in [-0.2, -0.15) is 11.3 Å². The molecule has 66 valence electrons. The highest BCUT2D eigenvalue weighted by atomic mass is 32.1. The molecular weight excluding hydrogens is 187 g/mol. The monoisotopic (exact) mass is 194 g/mol. The Morgan fingerprint density at radius 1 is 1.15 bits per heavy atom. The summed E-state index contributed by atoms with van der Waals surface area (Å²) in [5, 5.41) is 12.8. The van der Waals surface area contributed by atoms with Crippen molar-refractivity contribution >= 4 is 11.3 Å². The molecule has 0 fully saturated rings. The van der Waals surface area contributed by atoms with Gasteiger partial charge < -0.3 is 5.11 Å². The first-order valence-corrected chi connectivity index (χ1v) is 4.73. The Morgan fingerprint density at radius 2 is 2.00 bits per heavy atom. The quantitative estimate of drug-likeness (QED) is 0.738. The van der Waals surface area contributed by atoms with Crippen molar-refractivity contribution in [2.75, 3.05) is 0 Å². The third kappa shape index (κ3) is 1.55. The van der Waals surface area contributed by atoms with Crippen molar-refractivity contribution in [1.82, 2.24) is 0 Å². The molecule has 0 aliphatic rings. The molecule has 1 nitrogen and oxygen atoms in total. The van der Waals surface area contributed by atoms with Crippen molar-refractivity contribution in [3.8, 4) is 16.9 Å². The van der Waals surface area contributed by atoms with E-state index >= 15 is 0 Å². The van der Waals surface area contributed by atoms with Gasteiger partial charge in [0.25, 0.3) is 0 Å². The van der Waals surface area contributed by atoms with Crippen LogP contribution in [0.4, 0.5) is 4.39 Å². The van der Waals surface area contributed by atoms with Crippen LogP contribution in [0.25, 0.3) is 11.1 Å². The lowest BCUT2D eigenvalue weighted by atomic mass is 10.1. The first-order chi connectivity index (χ1) is 6.27. The van der Waals surface area contributed by atoms with Gasteiger partial charge in [-0.1, -0.05) is 6.07 Å². The number of benzene rings is 1. The summed E-state index contributed by atoms with van der Waals surface area (Å²) in [6.07, 6.45) is 0. The summed E-state index contributed by atoms with van der Waals surface area (Å²) in [5.41, 5.74) is 1.76. The summed E-state index contributed by atoms with van der Waals surface area (Å²) in [7, 11) is 0. The van der Waals surface area contributed by atoms with E-state index < -0.39 is 5.82 Å². The summed E-state index contributed by atoms with van der Waals surface area (Å²) in [5.74, 6) is -0.886. The highest BCUT2D eigenvalue weighted by Crippen LogP contribution is 2.26. The second kappa shape index (κ2) is 3.18. The minimum absolute atomic E-state index is 0.307. The Hall–Kier alpha value is -1.35. The van der Waals surface area contributed by atoms with Crippen LogP contribution in [0, 0.1) is 5.82 Å². The van der Waals surface area contributed by atoms with Crippen molar-refractivity contribution in [1.29, 1.82) is 0 Å². The van der Waals surface area contributed by atoms with Crippen LogP contribution in [0.5, 0.6) is 5.75 Å². The van der Waals surface area contributed by atoms with E-state index in [0.717, 1.165) is 11.1 Å². The van der Waals surface area contributed by atoms with Gasteiger partial charge >= 0.3 is 0 Å². The van der Waals surface area contributed by atoms with Gasteiger partial charge in [0.1, 0.15) is 0 Å². The maximum absolute atomic E-state index is 12.9. The average molecular weight is 194 g/mol. The molecule has 0 atom stereocenters. The van der Waals surface area contributed by atoms with E-state index in [0.29, 0.717) is 0 Å². The van der Waals surface area contributed by atoms with Crippen LogP contribution in [0.15, 0.2) is 35.0 Å². The number of thiophene rings is 1. The van der Waals surface area contributed by atoms with Crippen molar-refractivity contribution < 1.29 is 9.50 Å². The zero-order valence-corrected chi connectivity index (χ0v) is 7.51. The van der Waals surface area contributed by atoms with Crippen LogP contribution in [-0.4, -0.2) is 5.11 Å². The molecule has 0 saturated heterocycles. The van der Waals surface area contributed by atoms with E-state index in [1.165, 1.54) is 12.1 Å². The smallest absolute Gasteiger partial charge is 0.165 e. The fourth-order valence-electron chi connectivity index (χ4n) is 1.12. The van der Waals surface area contributed by atoms with Crippen molar-refractivity contribution in [2.24, 2.45) is 0 Å². The van der Waals surface area contributed by atoms with Gasteiger partial charge in [-0.15, -0.1) is 0 Å². The lowest BCUT2D eigenvalue weighted by Crippen LogP contribution is -1.78. The van der Waals surface area contributed by atoms with E-state index in [4.69, 9.17) is 5.11 Å². The average Bonchev–Trinajstić information content (AvgIpc) is 2.62. The minimum Gasteiger partial charge on any atom is -0.505 e. The summed E-state index contributed by atoms with van der Waals surface area (Å²) in [6, 6.07) is 6.30. The van der Waals surface area contributed by atoms with E-state index in [9.17, 15) is 4.39 Å². The van der Waals surface area contributed by atoms with E-state index in [2.05, 4.69) is 0 Å². The number of hydrogen-bond donors (Lipinski definition) is 1. The van der Waals surface area contributed by atoms with Crippen molar-refractivity contribution in [2.45, 2.75) is 0 Å². The number of hydrogen-bond acceptors (Lipinski definition) is 2. The molecule has 0 spiro atoms. The van der Waals surface area contributed by atoms with Crippen LogP contribution in [0.1, 0.15) is 0 Å². The minimum atomic E-state index is -0.580. The SMILES string of the molecule is Oc1ccc(-c2ccsc2)cc1F. The predicted octanol–water partition coefficient (Wildman–Crippen LogP) is 3.26. The molecule has 1 heterocycles. The first kappa shape index (κ1) is 8.26. The Bertz CT molecular complexity index is 409. The van der Waals surface area contributed by atoms with E-state index in [1.54, 1.807) is 17.4 Å². The first-order valence-electron chi connectivity index (χ1n) is 3.78. The summed E-state index contributed by atoms with van der Waals surface area (Å²) < 4.78 is 12.9. The van der Waals surface area contributed by atoms with Gasteiger partial charge in [0.15, 0.2) is 11.6 Å². The van der Waals surface area contributed by atoms with Crippen LogP contribution >= 0.6 is 11.3 Å². The lowest BCUT2D eigenvalue weighted by Gasteiger charge is -1.99. The molecule has 0 bridgehead atoms. The molecular formula is C10H7FOS. The molecule has 1 N–H and O–H groups in total. The number of phenolic OH excluding ortho intramolecular Hbond substituents is 1. The highest BCUT2D eigenvalue weighted by molar-refractivity contribution is 7.08. The number of rotatable bonds is 1. The van der Waals surface area contributed by atoms with Gasteiger partial charge in [0, 0.05) is 0 Å². The summed E-state index contributed by atoms with van der Waals surface area (Å²) in [4.78, 5) is 0. The fourth-order valence-corrected chi connectivity index (χ4v) is 1.78. The van der Waals surface area contributed by atoms with Crippen LogP contribution in [0.3, 0.4) is 0 Å². The Morgan fingerprint density at radius 3 is 2.62 bits per heavy atom. The molecule has 2 aromatic rings. The zero-order chi connectivity index (χ0) is 9.26. The van der Waals surface area contributed by atoms with E-state index in [1.807, 2.05) is 16.8 Å². The van der Waals surface area contributed by atoms with Gasteiger partial charge in [-0.3, -0.25) is 0 Å². The van der Waals surface area contributed by atoms with Crippen LogP contribution < -0.4 is 0 Å². The van der Waals surface area contributed by atoms with Gasteiger partial charge in [-0.05, 0) is 40.1 Å². The predicted molar refractivity (Wildman–Crippen MR) is 51.4 cm³/mol. The van der Waals surface area contributed by atoms with Crippen molar-refractivity contribution in [3.05, 3.63) is 40.8 Å². The molecule has 0 amide bonds. The van der Waals surface area contributed by atoms with E-state index in [-0.39, 0.29) is 5.75 Å². The molecule has 0 saturated carbocycles. The molecule has 0 aliphatic heterocycles. The molecule has 13 heavy (non-hydrogen) atoms. The second-order valence-corrected chi connectivity index (χ2v) is 3.46. The number of phenols is 1. The molecule has 0 unspecified atom stereocenters. The summed E-state index contributed by atoms with van der Waals surface area (Å²) >= 11 is 1.56. The van der Waals surface area contributed by atoms with Crippen LogP contribution in [0.2, 0.25) is 0 Å². The zero-order valence-electron chi connectivity index (χ0n) is 6.70. The third-order valence-corrected chi connectivity index (χ3v) is 2.49. The summed E-state index contributed by atoms with van der Waals surface area (Å²) in [6.45, 7) is 0. The number of aromatic hydroxyl groups is 1. The third-order valence-electron chi connectivity index (χ3n) is 1.80. The van der Waals surface area contributed by atoms with Gasteiger partial charge in [0.2, 0.25) is 0 Å². The Labute approximate surface area is 79.1 Å².